The highest BCUT2D eigenvalue weighted by Gasteiger charge is 2.18. The van der Waals surface area contributed by atoms with Gasteiger partial charge in [-0.25, -0.2) is 4.98 Å². The van der Waals surface area contributed by atoms with Crippen molar-refractivity contribution in [3.63, 3.8) is 0 Å². The second kappa shape index (κ2) is 4.20. The van der Waals surface area contributed by atoms with Crippen LogP contribution in [0.25, 0.3) is 0 Å². The van der Waals surface area contributed by atoms with Gasteiger partial charge in [0.1, 0.15) is 5.82 Å². The maximum Gasteiger partial charge on any atom is 0.205 e. The van der Waals surface area contributed by atoms with E-state index < -0.39 is 0 Å². The summed E-state index contributed by atoms with van der Waals surface area (Å²) in [5.41, 5.74) is 0. The second-order valence-electron chi connectivity index (χ2n) is 3.22. The number of rotatable bonds is 2. The first-order valence-electron chi connectivity index (χ1n) is 4.64. The molecule has 0 radical (unpaired) electrons. The van der Waals surface area contributed by atoms with Gasteiger partial charge in [0.2, 0.25) is 5.13 Å². The molecular formula is C8H14N4OS. The number of piperazine rings is 1. The van der Waals surface area contributed by atoms with Gasteiger partial charge in [0, 0.05) is 37.7 Å². The van der Waals surface area contributed by atoms with E-state index in [0.29, 0.717) is 0 Å². The second-order valence-corrected chi connectivity index (χ2v) is 3.95. The van der Waals surface area contributed by atoms with E-state index >= 15 is 0 Å². The molecule has 0 spiro atoms. The van der Waals surface area contributed by atoms with Crippen molar-refractivity contribution in [1.82, 2.24) is 14.4 Å². The lowest BCUT2D eigenvalue weighted by atomic mass is 10.4. The van der Waals surface area contributed by atoms with Crippen molar-refractivity contribution in [1.29, 1.82) is 0 Å². The van der Waals surface area contributed by atoms with Crippen LogP contribution in [0.1, 0.15) is 5.82 Å². The average Bonchev–Trinajstić information content (AvgIpc) is 2.65. The van der Waals surface area contributed by atoms with Gasteiger partial charge in [-0.3, -0.25) is 0 Å². The Morgan fingerprint density at radius 2 is 2.00 bits per heavy atom. The third-order valence-electron chi connectivity index (χ3n) is 2.28. The topological polar surface area (TPSA) is 41.5 Å². The number of anilines is 1. The van der Waals surface area contributed by atoms with Crippen molar-refractivity contribution in [2.45, 2.75) is 6.92 Å². The SMILES string of the molecule is CON1CCN(c2nc(C)ns2)CC1. The Morgan fingerprint density at radius 1 is 1.29 bits per heavy atom. The lowest BCUT2D eigenvalue weighted by molar-refractivity contribution is -0.133. The fraction of sp³-hybridized carbons (Fsp3) is 0.750. The van der Waals surface area contributed by atoms with Crippen LogP contribution in [-0.4, -0.2) is 47.7 Å². The van der Waals surface area contributed by atoms with Crippen LogP contribution in [0.3, 0.4) is 0 Å². The number of hydroxylamine groups is 2. The van der Waals surface area contributed by atoms with Crippen molar-refractivity contribution in [2.24, 2.45) is 0 Å². The van der Waals surface area contributed by atoms with Crippen LogP contribution in [0.2, 0.25) is 0 Å². The van der Waals surface area contributed by atoms with E-state index in [0.717, 1.165) is 37.1 Å². The van der Waals surface area contributed by atoms with Crippen molar-refractivity contribution < 1.29 is 4.84 Å². The summed E-state index contributed by atoms with van der Waals surface area (Å²) in [5, 5.41) is 2.99. The van der Waals surface area contributed by atoms with Gasteiger partial charge in [-0.15, -0.1) is 0 Å². The van der Waals surface area contributed by atoms with Gasteiger partial charge in [0.15, 0.2) is 0 Å². The normalized spacial score (nSPS) is 18.9. The molecular weight excluding hydrogens is 200 g/mol. The number of aromatic nitrogens is 2. The van der Waals surface area contributed by atoms with Gasteiger partial charge in [0.05, 0.1) is 7.11 Å². The molecule has 1 aliphatic rings. The molecule has 1 aromatic heterocycles. The van der Waals surface area contributed by atoms with Gasteiger partial charge in [-0.05, 0) is 6.92 Å². The number of nitrogens with zero attached hydrogens (tertiary/aromatic N) is 4. The first-order chi connectivity index (χ1) is 6.79. The van der Waals surface area contributed by atoms with Crippen LogP contribution < -0.4 is 4.90 Å². The third-order valence-corrected chi connectivity index (χ3v) is 3.15. The molecule has 1 aromatic rings. The minimum absolute atomic E-state index is 0.860. The summed E-state index contributed by atoms with van der Waals surface area (Å²) in [6, 6.07) is 0. The number of hydrogen-bond donors (Lipinski definition) is 0. The zero-order chi connectivity index (χ0) is 9.97. The van der Waals surface area contributed by atoms with E-state index in [1.54, 1.807) is 7.11 Å². The monoisotopic (exact) mass is 214 g/mol. The lowest BCUT2D eigenvalue weighted by Gasteiger charge is -2.32. The van der Waals surface area contributed by atoms with Gasteiger partial charge in [-0.2, -0.15) is 9.44 Å². The van der Waals surface area contributed by atoms with Crippen LogP contribution >= 0.6 is 11.5 Å². The molecule has 1 aliphatic heterocycles. The highest BCUT2D eigenvalue weighted by Crippen LogP contribution is 2.18. The van der Waals surface area contributed by atoms with Gasteiger partial charge in [0.25, 0.3) is 0 Å². The smallest absolute Gasteiger partial charge is 0.205 e. The molecule has 2 rings (SSSR count). The van der Waals surface area contributed by atoms with Crippen LogP contribution in [0.15, 0.2) is 0 Å². The molecule has 0 amide bonds. The first-order valence-corrected chi connectivity index (χ1v) is 5.41. The Kier molecular flexibility index (Phi) is 2.95. The summed E-state index contributed by atoms with van der Waals surface area (Å²) in [7, 11) is 1.71. The van der Waals surface area contributed by atoms with E-state index in [9.17, 15) is 0 Å². The van der Waals surface area contributed by atoms with E-state index in [-0.39, 0.29) is 0 Å². The highest BCUT2D eigenvalue weighted by molar-refractivity contribution is 7.09. The van der Waals surface area contributed by atoms with Crippen LogP contribution in [0, 0.1) is 6.92 Å². The van der Waals surface area contributed by atoms with Crippen molar-refractivity contribution in [2.75, 3.05) is 38.2 Å². The predicted molar refractivity (Wildman–Crippen MR) is 55.4 cm³/mol. The Labute approximate surface area is 87.4 Å². The summed E-state index contributed by atoms with van der Waals surface area (Å²) in [4.78, 5) is 11.8. The molecule has 0 atom stereocenters. The van der Waals surface area contributed by atoms with Gasteiger partial charge >= 0.3 is 0 Å². The first kappa shape index (κ1) is 9.82. The van der Waals surface area contributed by atoms with Crippen molar-refractivity contribution in [3.05, 3.63) is 5.82 Å². The van der Waals surface area contributed by atoms with Crippen molar-refractivity contribution >= 4 is 16.7 Å². The van der Waals surface area contributed by atoms with Crippen LogP contribution in [-0.2, 0) is 4.84 Å². The van der Waals surface area contributed by atoms with Crippen LogP contribution in [0.4, 0.5) is 5.13 Å². The molecule has 0 N–H and O–H groups in total. The summed E-state index contributed by atoms with van der Waals surface area (Å²) >= 11 is 1.47. The molecule has 1 saturated heterocycles. The summed E-state index contributed by atoms with van der Waals surface area (Å²) in [6.07, 6.45) is 0. The maximum atomic E-state index is 5.15. The molecule has 14 heavy (non-hydrogen) atoms. The number of hydrogen-bond acceptors (Lipinski definition) is 6. The molecule has 6 heteroatoms. The molecule has 0 saturated carbocycles. The fourth-order valence-electron chi connectivity index (χ4n) is 1.48. The van der Waals surface area contributed by atoms with Crippen LogP contribution in [0.5, 0.6) is 0 Å². The Morgan fingerprint density at radius 3 is 2.50 bits per heavy atom. The molecule has 0 bridgehead atoms. The minimum atomic E-state index is 0.860. The standard InChI is InChI=1S/C8H14N4OS/c1-7-9-8(14-10-7)11-3-5-12(13-2)6-4-11/h3-6H2,1-2H3. The summed E-state index contributed by atoms with van der Waals surface area (Å²) in [6.45, 7) is 5.70. The average molecular weight is 214 g/mol. The molecule has 78 valence electrons. The Balaban J connectivity index is 1.95. The van der Waals surface area contributed by atoms with E-state index in [2.05, 4.69) is 14.3 Å². The molecule has 5 nitrogen and oxygen atoms in total. The molecule has 2 heterocycles. The lowest BCUT2D eigenvalue weighted by Crippen LogP contribution is -2.45. The molecule has 0 aromatic carbocycles. The fourth-order valence-corrected chi connectivity index (χ4v) is 2.20. The largest absolute Gasteiger partial charge is 0.344 e. The third kappa shape index (κ3) is 2.02. The zero-order valence-electron chi connectivity index (χ0n) is 8.43. The van der Waals surface area contributed by atoms with E-state index in [1.165, 1.54) is 11.5 Å². The summed E-state index contributed by atoms with van der Waals surface area (Å²) in [5.74, 6) is 0.860. The van der Waals surface area contributed by atoms with E-state index in [1.807, 2.05) is 12.0 Å². The van der Waals surface area contributed by atoms with Gasteiger partial charge in [-0.1, -0.05) is 0 Å². The molecule has 0 aliphatic carbocycles. The quantitative estimate of drug-likeness (QED) is 0.718. The highest BCUT2D eigenvalue weighted by atomic mass is 32.1. The Hall–Kier alpha value is -0.720. The van der Waals surface area contributed by atoms with Gasteiger partial charge < -0.3 is 9.74 Å². The Bertz CT molecular complexity index is 295. The minimum Gasteiger partial charge on any atom is -0.344 e. The molecule has 1 fully saturated rings. The van der Waals surface area contributed by atoms with E-state index in [4.69, 9.17) is 4.84 Å². The number of aryl methyl sites for hydroxylation is 1. The molecule has 0 unspecified atom stereocenters. The zero-order valence-corrected chi connectivity index (χ0v) is 9.25. The maximum absolute atomic E-state index is 5.15. The summed E-state index contributed by atoms with van der Waals surface area (Å²) < 4.78 is 4.18. The van der Waals surface area contributed by atoms with Crippen molar-refractivity contribution in [3.8, 4) is 0 Å². The predicted octanol–water partition coefficient (Wildman–Crippen LogP) is 0.530.